The maximum atomic E-state index is 14.5. The molecule has 1 aliphatic rings. The molecule has 1 fully saturated rings. The second-order valence-corrected chi connectivity index (χ2v) is 6.39. The van der Waals surface area contributed by atoms with Gasteiger partial charge in [-0.2, -0.15) is 0 Å². The van der Waals surface area contributed by atoms with Crippen LogP contribution >= 0.6 is 0 Å². The molecular formula is C20H24FN3O. The molecule has 1 saturated heterocycles. The Hall–Kier alpha value is -2.24. The molecule has 4 nitrogen and oxygen atoms in total. The predicted molar refractivity (Wildman–Crippen MR) is 98.5 cm³/mol. The number of nitrogens with two attached hydrogens (primary N) is 1. The van der Waals surface area contributed by atoms with Gasteiger partial charge in [0.1, 0.15) is 0 Å². The zero-order valence-electron chi connectivity index (χ0n) is 14.2. The fourth-order valence-corrected chi connectivity index (χ4v) is 3.17. The Morgan fingerprint density at radius 2 is 1.72 bits per heavy atom. The zero-order chi connectivity index (χ0) is 17.6. The van der Waals surface area contributed by atoms with Gasteiger partial charge in [0.15, 0.2) is 12.1 Å². The molecule has 3 rings (SSSR count). The van der Waals surface area contributed by atoms with Crippen LogP contribution in [0.3, 0.4) is 0 Å². The monoisotopic (exact) mass is 341 g/mol. The van der Waals surface area contributed by atoms with E-state index in [2.05, 4.69) is 0 Å². The number of benzene rings is 2. The number of anilines is 1. The lowest BCUT2D eigenvalue weighted by molar-refractivity contribution is 0.0941. The number of halogens is 1. The van der Waals surface area contributed by atoms with Crippen LogP contribution in [0, 0.1) is 0 Å². The molecule has 2 atom stereocenters. The Morgan fingerprint density at radius 1 is 1.08 bits per heavy atom. The van der Waals surface area contributed by atoms with E-state index in [1.54, 1.807) is 17.0 Å². The number of hydrogen-bond donors (Lipinski definition) is 1. The summed E-state index contributed by atoms with van der Waals surface area (Å²) < 4.78 is 14.5. The normalized spacial score (nSPS) is 19.6. The third-order valence-corrected chi connectivity index (χ3v) is 4.64. The molecule has 25 heavy (non-hydrogen) atoms. The lowest BCUT2D eigenvalue weighted by atomic mass is 10.0. The van der Waals surface area contributed by atoms with Gasteiger partial charge in [-0.05, 0) is 18.6 Å². The van der Waals surface area contributed by atoms with Crippen molar-refractivity contribution in [2.45, 2.75) is 18.8 Å². The summed E-state index contributed by atoms with van der Waals surface area (Å²) in [6, 6.07) is 18.2. The topological polar surface area (TPSA) is 49.6 Å². The van der Waals surface area contributed by atoms with Crippen LogP contribution in [0.4, 0.5) is 10.1 Å². The molecule has 0 aliphatic carbocycles. The average molecular weight is 341 g/mol. The van der Waals surface area contributed by atoms with Crippen molar-refractivity contribution < 1.29 is 9.18 Å². The van der Waals surface area contributed by atoms with Gasteiger partial charge in [-0.1, -0.05) is 48.5 Å². The molecule has 2 aromatic carbocycles. The molecule has 5 heteroatoms. The van der Waals surface area contributed by atoms with Gasteiger partial charge in [0, 0.05) is 37.4 Å². The van der Waals surface area contributed by atoms with Crippen molar-refractivity contribution in [3.8, 4) is 0 Å². The number of Topliss-reactive ketones (excluding diaryl/α,β-unsaturated/α-hetero) is 1. The molecule has 0 aromatic heterocycles. The zero-order valence-corrected chi connectivity index (χ0v) is 14.2. The van der Waals surface area contributed by atoms with Crippen molar-refractivity contribution in [3.63, 3.8) is 0 Å². The van der Waals surface area contributed by atoms with Crippen LogP contribution in [-0.2, 0) is 0 Å². The smallest absolute Gasteiger partial charge is 0.185 e. The highest BCUT2D eigenvalue weighted by Crippen LogP contribution is 2.21. The van der Waals surface area contributed by atoms with Crippen LogP contribution in [0.15, 0.2) is 60.7 Å². The van der Waals surface area contributed by atoms with Gasteiger partial charge in [0.25, 0.3) is 0 Å². The van der Waals surface area contributed by atoms with Crippen LogP contribution in [0.25, 0.3) is 0 Å². The number of para-hydroxylation sites is 1. The summed E-state index contributed by atoms with van der Waals surface area (Å²) in [4.78, 5) is 16.1. The molecule has 0 spiro atoms. The van der Waals surface area contributed by atoms with Crippen molar-refractivity contribution in [3.05, 3.63) is 66.2 Å². The molecule has 1 aliphatic heterocycles. The van der Waals surface area contributed by atoms with E-state index in [9.17, 15) is 9.18 Å². The van der Waals surface area contributed by atoms with E-state index in [1.165, 1.54) is 0 Å². The summed E-state index contributed by atoms with van der Waals surface area (Å²) >= 11 is 0. The first kappa shape index (κ1) is 17.6. The lowest BCUT2D eigenvalue weighted by Gasteiger charge is -2.39. The van der Waals surface area contributed by atoms with E-state index in [4.69, 9.17) is 5.73 Å². The molecule has 0 radical (unpaired) electrons. The maximum Gasteiger partial charge on any atom is 0.185 e. The molecule has 2 unspecified atom stereocenters. The van der Waals surface area contributed by atoms with E-state index < -0.39 is 12.3 Å². The van der Waals surface area contributed by atoms with Crippen molar-refractivity contribution in [2.75, 3.05) is 31.1 Å². The predicted octanol–water partition coefficient (Wildman–Crippen LogP) is 2.70. The van der Waals surface area contributed by atoms with E-state index in [1.807, 2.05) is 53.4 Å². The molecule has 0 bridgehead atoms. The number of ketones is 1. The highest BCUT2D eigenvalue weighted by Gasteiger charge is 2.27. The van der Waals surface area contributed by atoms with E-state index in [0.717, 1.165) is 12.2 Å². The van der Waals surface area contributed by atoms with Gasteiger partial charge in [-0.3, -0.25) is 9.69 Å². The van der Waals surface area contributed by atoms with Gasteiger partial charge < -0.3 is 10.6 Å². The largest absolute Gasteiger partial charge is 0.340 e. The van der Waals surface area contributed by atoms with Crippen LogP contribution in [0.5, 0.6) is 0 Å². The quantitative estimate of drug-likeness (QED) is 0.648. The second kappa shape index (κ2) is 8.23. The van der Waals surface area contributed by atoms with Crippen LogP contribution in [0.2, 0.25) is 0 Å². The maximum absolute atomic E-state index is 14.5. The van der Waals surface area contributed by atoms with E-state index in [0.29, 0.717) is 31.6 Å². The Kier molecular flexibility index (Phi) is 5.79. The second-order valence-electron chi connectivity index (χ2n) is 6.39. The highest BCUT2D eigenvalue weighted by atomic mass is 19.1. The van der Waals surface area contributed by atoms with Crippen molar-refractivity contribution >= 4 is 11.5 Å². The number of carbonyl (C=O) groups is 1. The van der Waals surface area contributed by atoms with E-state index in [-0.39, 0.29) is 5.78 Å². The highest BCUT2D eigenvalue weighted by molar-refractivity contribution is 5.99. The van der Waals surface area contributed by atoms with E-state index >= 15 is 0 Å². The number of alkyl halides is 1. The fourth-order valence-electron chi connectivity index (χ4n) is 3.17. The van der Waals surface area contributed by atoms with Gasteiger partial charge >= 0.3 is 0 Å². The summed E-state index contributed by atoms with van der Waals surface area (Å²) in [6.45, 7) is 2.36. The molecular weight excluding hydrogens is 317 g/mol. The minimum Gasteiger partial charge on any atom is -0.340 e. The molecule has 0 saturated carbocycles. The summed E-state index contributed by atoms with van der Waals surface area (Å²) in [5.41, 5.74) is 7.58. The SMILES string of the molecule is NC(CCN1CCN(c2ccccc2)C(F)C1)C(=O)c1ccccc1. The minimum absolute atomic E-state index is 0.0553. The number of nitrogens with zero attached hydrogens (tertiary/aromatic N) is 2. The van der Waals surface area contributed by atoms with Gasteiger partial charge in [-0.15, -0.1) is 0 Å². The Labute approximate surface area is 148 Å². The standard InChI is InChI=1S/C20H24FN3O/c21-19-15-23(13-14-24(19)17-9-5-2-6-10-17)12-11-18(22)20(25)16-7-3-1-4-8-16/h1-10,18-19H,11-15,22H2. The number of piperazine rings is 1. The van der Waals surface area contributed by atoms with Crippen molar-refractivity contribution in [1.29, 1.82) is 0 Å². The van der Waals surface area contributed by atoms with Crippen molar-refractivity contribution in [2.24, 2.45) is 5.73 Å². The first-order valence-corrected chi connectivity index (χ1v) is 8.68. The fraction of sp³-hybridized carbons (Fsp3) is 0.350. The molecule has 2 N–H and O–H groups in total. The minimum atomic E-state index is -1.04. The number of carbonyl (C=O) groups excluding carboxylic acids is 1. The molecule has 1 heterocycles. The Morgan fingerprint density at radius 3 is 2.36 bits per heavy atom. The summed E-state index contributed by atoms with van der Waals surface area (Å²) in [7, 11) is 0. The molecule has 2 aromatic rings. The van der Waals surface area contributed by atoms with Gasteiger partial charge in [0.2, 0.25) is 0 Å². The molecule has 132 valence electrons. The summed E-state index contributed by atoms with van der Waals surface area (Å²) in [5.74, 6) is -0.0553. The first-order chi connectivity index (χ1) is 12.1. The van der Waals surface area contributed by atoms with Crippen molar-refractivity contribution in [1.82, 2.24) is 4.90 Å². The first-order valence-electron chi connectivity index (χ1n) is 8.68. The summed E-state index contributed by atoms with van der Waals surface area (Å²) in [5, 5.41) is 0. The van der Waals surface area contributed by atoms with Gasteiger partial charge in [-0.25, -0.2) is 4.39 Å². The number of hydrogen-bond acceptors (Lipinski definition) is 4. The van der Waals surface area contributed by atoms with Crippen LogP contribution in [-0.4, -0.2) is 49.2 Å². The van der Waals surface area contributed by atoms with Crippen LogP contribution in [0.1, 0.15) is 16.8 Å². The molecule has 0 amide bonds. The third-order valence-electron chi connectivity index (χ3n) is 4.64. The third kappa shape index (κ3) is 4.44. The average Bonchev–Trinajstić information content (AvgIpc) is 2.67. The summed E-state index contributed by atoms with van der Waals surface area (Å²) in [6.07, 6.45) is -0.511. The van der Waals surface area contributed by atoms with Crippen LogP contribution < -0.4 is 10.6 Å². The van der Waals surface area contributed by atoms with Gasteiger partial charge in [0.05, 0.1) is 6.04 Å². The number of rotatable bonds is 6. The lowest BCUT2D eigenvalue weighted by Crippen LogP contribution is -2.52. The Bertz CT molecular complexity index is 680. The Balaban J connectivity index is 1.49.